The van der Waals surface area contributed by atoms with Gasteiger partial charge in [-0.15, -0.1) is 11.3 Å². The fraction of sp³-hybridized carbons (Fsp3) is 0.217. The Kier molecular flexibility index (Phi) is 7.01. The molecule has 0 radical (unpaired) electrons. The molecule has 0 atom stereocenters. The molecule has 2 heterocycles. The Labute approximate surface area is 204 Å². The van der Waals surface area contributed by atoms with Crippen LogP contribution in [0.2, 0.25) is 4.34 Å². The second-order valence-corrected chi connectivity index (χ2v) is 11.6. The largest absolute Gasteiger partial charge is 0.352 e. The Morgan fingerprint density at radius 2 is 1.88 bits per heavy atom. The second-order valence-electron chi connectivity index (χ2n) is 7.69. The number of benzene rings is 2. The van der Waals surface area contributed by atoms with E-state index in [4.69, 9.17) is 11.6 Å². The van der Waals surface area contributed by atoms with Crippen LogP contribution in [0.4, 0.5) is 8.78 Å². The van der Waals surface area contributed by atoms with Crippen LogP contribution < -0.4 is 5.32 Å². The number of alkyl halides is 2. The number of aromatic nitrogens is 2. The summed E-state index contributed by atoms with van der Waals surface area (Å²) < 4.78 is 55.5. The second kappa shape index (κ2) is 9.81. The number of thiophene rings is 1. The zero-order chi connectivity index (χ0) is 24.5. The van der Waals surface area contributed by atoms with Gasteiger partial charge in [0.25, 0.3) is 6.43 Å². The molecule has 178 valence electrons. The van der Waals surface area contributed by atoms with Crippen LogP contribution >= 0.6 is 22.9 Å². The first-order valence-electron chi connectivity index (χ1n) is 10.2. The fourth-order valence-corrected chi connectivity index (χ4v) is 6.54. The summed E-state index contributed by atoms with van der Waals surface area (Å²) in [6, 6.07) is 14.7. The van der Waals surface area contributed by atoms with Crippen molar-refractivity contribution in [3.8, 4) is 0 Å². The molecule has 0 aliphatic carbocycles. The van der Waals surface area contributed by atoms with Crippen LogP contribution in [0.5, 0.6) is 0 Å². The first-order chi connectivity index (χ1) is 16.1. The minimum Gasteiger partial charge on any atom is -0.352 e. The number of sulfone groups is 1. The normalized spacial score (nSPS) is 11.9. The standard InChI is InChI=1S/C23H20ClF2N3O3S2/c1-14(30)27-11-15-4-2-5-16(10-15)12-29-19-7-3-6-17(23(25)26)22(19)18(28-29)13-34(31,32)21-9-8-20(24)33-21/h2-10,23H,11-13H2,1H3,(H,27,30). The highest BCUT2D eigenvalue weighted by Gasteiger charge is 2.25. The lowest BCUT2D eigenvalue weighted by Gasteiger charge is -2.08. The summed E-state index contributed by atoms with van der Waals surface area (Å²) in [4.78, 5) is 11.2. The van der Waals surface area contributed by atoms with E-state index in [0.717, 1.165) is 22.5 Å². The van der Waals surface area contributed by atoms with E-state index >= 15 is 0 Å². The number of halogens is 3. The van der Waals surface area contributed by atoms with Crippen molar-refractivity contribution in [3.63, 3.8) is 0 Å². The molecular formula is C23H20ClF2N3O3S2. The maximum absolute atomic E-state index is 13.8. The summed E-state index contributed by atoms with van der Waals surface area (Å²) in [5.41, 5.74) is 1.91. The molecule has 0 aliphatic heterocycles. The van der Waals surface area contributed by atoms with Gasteiger partial charge >= 0.3 is 0 Å². The van der Waals surface area contributed by atoms with Crippen molar-refractivity contribution in [1.29, 1.82) is 0 Å². The molecule has 1 N–H and O–H groups in total. The highest BCUT2D eigenvalue weighted by Crippen LogP contribution is 2.34. The average molecular weight is 524 g/mol. The third-order valence-electron chi connectivity index (χ3n) is 5.16. The van der Waals surface area contributed by atoms with Crippen molar-refractivity contribution in [2.45, 2.75) is 36.4 Å². The maximum Gasteiger partial charge on any atom is 0.264 e. The molecule has 0 fully saturated rings. The number of nitrogens with one attached hydrogen (secondary N) is 1. The molecule has 0 saturated heterocycles. The van der Waals surface area contributed by atoms with Crippen LogP contribution in [0.1, 0.15) is 35.7 Å². The predicted molar refractivity (Wildman–Crippen MR) is 128 cm³/mol. The molecule has 1 amide bonds. The number of nitrogens with zero attached hydrogens (tertiary/aromatic N) is 2. The van der Waals surface area contributed by atoms with Crippen molar-refractivity contribution in [2.75, 3.05) is 0 Å². The molecule has 4 aromatic rings. The molecule has 0 spiro atoms. The molecular weight excluding hydrogens is 504 g/mol. The van der Waals surface area contributed by atoms with Crippen LogP contribution in [0.25, 0.3) is 10.9 Å². The van der Waals surface area contributed by atoms with Crippen LogP contribution in [0, 0.1) is 0 Å². The minimum absolute atomic E-state index is 0.0559. The summed E-state index contributed by atoms with van der Waals surface area (Å²) in [5, 5.41) is 7.32. The Balaban J connectivity index is 1.75. The third kappa shape index (κ3) is 5.29. The highest BCUT2D eigenvalue weighted by atomic mass is 35.5. The maximum atomic E-state index is 13.8. The number of carbonyl (C=O) groups is 1. The summed E-state index contributed by atoms with van der Waals surface area (Å²) in [5.74, 6) is -0.680. The summed E-state index contributed by atoms with van der Waals surface area (Å²) in [7, 11) is -3.84. The van der Waals surface area contributed by atoms with E-state index in [1.165, 1.54) is 35.9 Å². The van der Waals surface area contributed by atoms with Crippen LogP contribution in [0.3, 0.4) is 0 Å². The minimum atomic E-state index is -3.84. The van der Waals surface area contributed by atoms with Crippen molar-refractivity contribution in [2.24, 2.45) is 0 Å². The number of hydrogen-bond acceptors (Lipinski definition) is 5. The molecule has 0 bridgehead atoms. The van der Waals surface area contributed by atoms with E-state index in [9.17, 15) is 22.0 Å². The Morgan fingerprint density at radius 1 is 1.15 bits per heavy atom. The fourth-order valence-electron chi connectivity index (χ4n) is 3.69. The third-order valence-corrected chi connectivity index (χ3v) is 8.61. The molecule has 0 unspecified atom stereocenters. The van der Waals surface area contributed by atoms with Crippen molar-refractivity contribution < 1.29 is 22.0 Å². The van der Waals surface area contributed by atoms with Crippen LogP contribution in [-0.2, 0) is 33.5 Å². The number of fused-ring (bicyclic) bond motifs is 1. The van der Waals surface area contributed by atoms with Gasteiger partial charge in [0.05, 0.1) is 22.1 Å². The summed E-state index contributed by atoms with van der Waals surface area (Å²) in [6.07, 6.45) is -2.79. The van der Waals surface area contributed by atoms with Gasteiger partial charge in [-0.25, -0.2) is 17.2 Å². The van der Waals surface area contributed by atoms with Gasteiger partial charge in [-0.2, -0.15) is 5.10 Å². The predicted octanol–water partition coefficient (Wildman–Crippen LogP) is 5.35. The quantitative estimate of drug-likeness (QED) is 0.338. The van der Waals surface area contributed by atoms with E-state index in [2.05, 4.69) is 10.4 Å². The topological polar surface area (TPSA) is 81.1 Å². The van der Waals surface area contributed by atoms with E-state index in [-0.39, 0.29) is 33.3 Å². The van der Waals surface area contributed by atoms with Gasteiger partial charge in [-0.3, -0.25) is 9.48 Å². The number of amides is 1. The van der Waals surface area contributed by atoms with Gasteiger partial charge in [-0.1, -0.05) is 48.0 Å². The van der Waals surface area contributed by atoms with Crippen molar-refractivity contribution in [1.82, 2.24) is 15.1 Å². The molecule has 11 heteroatoms. The van der Waals surface area contributed by atoms with Crippen molar-refractivity contribution in [3.05, 3.63) is 81.3 Å². The Hall–Kier alpha value is -2.82. The van der Waals surface area contributed by atoms with Gasteiger partial charge in [0.1, 0.15) is 9.96 Å². The van der Waals surface area contributed by atoms with Gasteiger partial charge in [0.15, 0.2) is 9.84 Å². The van der Waals surface area contributed by atoms with Gasteiger partial charge in [0, 0.05) is 24.4 Å². The SMILES string of the molecule is CC(=O)NCc1cccc(Cn2nc(CS(=O)(=O)c3ccc(Cl)s3)c3c(C(F)F)cccc32)c1. The van der Waals surface area contributed by atoms with E-state index in [1.54, 1.807) is 6.07 Å². The van der Waals surface area contributed by atoms with Gasteiger partial charge < -0.3 is 5.32 Å². The van der Waals surface area contributed by atoms with Gasteiger partial charge in [0.2, 0.25) is 5.91 Å². The van der Waals surface area contributed by atoms with Gasteiger partial charge in [-0.05, 0) is 29.3 Å². The molecule has 4 rings (SSSR count). The first kappa shape index (κ1) is 24.3. The van der Waals surface area contributed by atoms with E-state index < -0.39 is 22.0 Å². The summed E-state index contributed by atoms with van der Waals surface area (Å²) in [6.45, 7) is 2.02. The molecule has 2 aromatic carbocycles. The number of hydrogen-bond donors (Lipinski definition) is 1. The Morgan fingerprint density at radius 3 is 2.56 bits per heavy atom. The smallest absolute Gasteiger partial charge is 0.264 e. The lowest BCUT2D eigenvalue weighted by Crippen LogP contribution is -2.19. The van der Waals surface area contributed by atoms with Crippen LogP contribution in [-0.4, -0.2) is 24.1 Å². The number of carbonyl (C=O) groups excluding carboxylic acids is 1. The lowest BCUT2D eigenvalue weighted by molar-refractivity contribution is -0.119. The Bertz CT molecular complexity index is 1470. The zero-order valence-electron chi connectivity index (χ0n) is 18.0. The number of rotatable bonds is 8. The van der Waals surface area contributed by atoms with Crippen LogP contribution in [0.15, 0.2) is 58.8 Å². The molecule has 6 nitrogen and oxygen atoms in total. The first-order valence-corrected chi connectivity index (χ1v) is 13.1. The van der Waals surface area contributed by atoms with E-state index in [0.29, 0.717) is 16.4 Å². The summed E-state index contributed by atoms with van der Waals surface area (Å²) >= 11 is 6.80. The average Bonchev–Trinajstić information content (AvgIpc) is 3.37. The zero-order valence-corrected chi connectivity index (χ0v) is 20.4. The molecule has 2 aromatic heterocycles. The monoisotopic (exact) mass is 523 g/mol. The molecule has 34 heavy (non-hydrogen) atoms. The molecule has 0 saturated carbocycles. The lowest BCUT2D eigenvalue weighted by atomic mass is 10.1. The highest BCUT2D eigenvalue weighted by molar-refractivity contribution is 7.92. The molecule has 0 aliphatic rings. The van der Waals surface area contributed by atoms with E-state index in [1.807, 2.05) is 24.3 Å². The van der Waals surface area contributed by atoms with Crippen molar-refractivity contribution >= 4 is 49.6 Å².